The van der Waals surface area contributed by atoms with Crippen molar-refractivity contribution >= 4 is 34.5 Å². The summed E-state index contributed by atoms with van der Waals surface area (Å²) < 4.78 is 1.72. The van der Waals surface area contributed by atoms with Crippen LogP contribution in [0.3, 0.4) is 0 Å². The van der Waals surface area contributed by atoms with Crippen LogP contribution in [0.4, 0.5) is 11.4 Å². The number of carbonyl (C=O) groups is 2. The molecule has 4 aromatic rings. The third-order valence-electron chi connectivity index (χ3n) is 4.02. The molecule has 2 aromatic heterocycles. The van der Waals surface area contributed by atoms with Crippen LogP contribution >= 0.6 is 11.3 Å². The number of hydrogen-bond acceptors (Lipinski definition) is 4. The summed E-state index contributed by atoms with van der Waals surface area (Å²) in [5.41, 5.74) is 2.62. The summed E-state index contributed by atoms with van der Waals surface area (Å²) in [6.07, 6.45) is 3.54. The Morgan fingerprint density at radius 2 is 1.61 bits per heavy atom. The maximum absolute atomic E-state index is 12.5. The average molecular weight is 388 g/mol. The van der Waals surface area contributed by atoms with Gasteiger partial charge >= 0.3 is 0 Å². The number of benzene rings is 2. The molecular formula is C21H16N4O2S. The number of nitrogens with zero attached hydrogens (tertiary/aromatic N) is 2. The predicted octanol–water partition coefficient (Wildman–Crippen LogP) is 4.44. The lowest BCUT2D eigenvalue weighted by Crippen LogP contribution is -2.13. The molecule has 2 aromatic carbocycles. The summed E-state index contributed by atoms with van der Waals surface area (Å²) in [6, 6.07) is 19.6. The number of amides is 2. The van der Waals surface area contributed by atoms with Crippen molar-refractivity contribution in [3.05, 3.63) is 94.9 Å². The molecule has 0 bridgehead atoms. The molecule has 0 unspecified atom stereocenters. The highest BCUT2D eigenvalue weighted by Gasteiger charge is 2.09. The van der Waals surface area contributed by atoms with Gasteiger partial charge in [0.05, 0.1) is 10.6 Å². The van der Waals surface area contributed by atoms with Gasteiger partial charge in [0.1, 0.15) is 0 Å². The van der Waals surface area contributed by atoms with Crippen molar-refractivity contribution < 1.29 is 9.59 Å². The smallest absolute Gasteiger partial charge is 0.265 e. The Bertz CT molecular complexity index is 1090. The Labute approximate surface area is 165 Å². The fourth-order valence-electron chi connectivity index (χ4n) is 2.67. The Morgan fingerprint density at radius 3 is 2.25 bits per heavy atom. The highest BCUT2D eigenvalue weighted by molar-refractivity contribution is 7.12. The number of carbonyl (C=O) groups excluding carboxylic acids is 2. The lowest BCUT2D eigenvalue weighted by Gasteiger charge is -2.09. The minimum atomic E-state index is -0.228. The predicted molar refractivity (Wildman–Crippen MR) is 110 cm³/mol. The highest BCUT2D eigenvalue weighted by Crippen LogP contribution is 2.18. The first-order valence-electron chi connectivity index (χ1n) is 8.55. The van der Waals surface area contributed by atoms with Gasteiger partial charge in [0.25, 0.3) is 11.8 Å². The van der Waals surface area contributed by atoms with Crippen LogP contribution in [0.2, 0.25) is 0 Å². The minimum absolute atomic E-state index is 0.173. The van der Waals surface area contributed by atoms with E-state index in [2.05, 4.69) is 15.7 Å². The van der Waals surface area contributed by atoms with Crippen molar-refractivity contribution in [3.8, 4) is 5.69 Å². The fraction of sp³-hybridized carbons (Fsp3) is 0. The van der Waals surface area contributed by atoms with Gasteiger partial charge in [-0.3, -0.25) is 9.59 Å². The van der Waals surface area contributed by atoms with E-state index in [1.807, 2.05) is 35.8 Å². The molecule has 28 heavy (non-hydrogen) atoms. The van der Waals surface area contributed by atoms with Crippen molar-refractivity contribution in [2.75, 3.05) is 10.6 Å². The zero-order chi connectivity index (χ0) is 19.3. The first kappa shape index (κ1) is 17.7. The van der Waals surface area contributed by atoms with E-state index in [0.717, 1.165) is 5.69 Å². The molecular weight excluding hydrogens is 372 g/mol. The summed E-state index contributed by atoms with van der Waals surface area (Å²) >= 11 is 1.37. The van der Waals surface area contributed by atoms with Gasteiger partial charge < -0.3 is 10.6 Å². The SMILES string of the molecule is O=C(Nc1cccc(NC(=O)c2cccs2)c1)c1ccc(-n2cccn2)cc1. The molecule has 2 N–H and O–H groups in total. The van der Waals surface area contributed by atoms with E-state index in [-0.39, 0.29) is 11.8 Å². The van der Waals surface area contributed by atoms with Crippen molar-refractivity contribution in [2.45, 2.75) is 0 Å². The molecule has 138 valence electrons. The lowest BCUT2D eigenvalue weighted by atomic mass is 10.2. The maximum Gasteiger partial charge on any atom is 0.265 e. The van der Waals surface area contributed by atoms with Crippen LogP contribution < -0.4 is 10.6 Å². The average Bonchev–Trinajstić information content (AvgIpc) is 3.42. The van der Waals surface area contributed by atoms with Crippen LogP contribution in [0, 0.1) is 0 Å². The maximum atomic E-state index is 12.5. The minimum Gasteiger partial charge on any atom is -0.322 e. The van der Waals surface area contributed by atoms with Gasteiger partial charge in [-0.05, 0) is 60.0 Å². The van der Waals surface area contributed by atoms with Gasteiger partial charge in [0, 0.05) is 29.3 Å². The summed E-state index contributed by atoms with van der Waals surface area (Å²) in [5.74, 6) is -0.401. The zero-order valence-electron chi connectivity index (χ0n) is 14.7. The first-order valence-corrected chi connectivity index (χ1v) is 9.43. The normalized spacial score (nSPS) is 10.4. The number of anilines is 2. The van der Waals surface area contributed by atoms with Gasteiger partial charge in [-0.25, -0.2) is 4.68 Å². The number of hydrogen-bond donors (Lipinski definition) is 2. The van der Waals surface area contributed by atoms with Gasteiger partial charge in [0.2, 0.25) is 0 Å². The van der Waals surface area contributed by atoms with Gasteiger partial charge in [-0.2, -0.15) is 5.10 Å². The summed E-state index contributed by atoms with van der Waals surface area (Å²) in [6.45, 7) is 0. The summed E-state index contributed by atoms with van der Waals surface area (Å²) in [7, 11) is 0. The largest absolute Gasteiger partial charge is 0.322 e. The molecule has 2 amide bonds. The van der Waals surface area contributed by atoms with E-state index in [9.17, 15) is 9.59 Å². The molecule has 0 spiro atoms. The quantitative estimate of drug-likeness (QED) is 0.531. The number of rotatable bonds is 5. The molecule has 2 heterocycles. The van der Waals surface area contributed by atoms with E-state index < -0.39 is 0 Å². The molecule has 0 aliphatic rings. The molecule has 0 saturated carbocycles. The van der Waals surface area contributed by atoms with Crippen LogP contribution in [0.1, 0.15) is 20.0 Å². The lowest BCUT2D eigenvalue weighted by molar-refractivity contribution is 0.102. The third-order valence-corrected chi connectivity index (χ3v) is 4.89. The molecule has 0 aliphatic carbocycles. The molecule has 6 nitrogen and oxygen atoms in total. The fourth-order valence-corrected chi connectivity index (χ4v) is 3.28. The number of aromatic nitrogens is 2. The Morgan fingerprint density at radius 1 is 0.857 bits per heavy atom. The number of nitrogens with one attached hydrogen (secondary N) is 2. The molecule has 0 atom stereocenters. The Kier molecular flexibility index (Phi) is 4.99. The van der Waals surface area contributed by atoms with E-state index in [1.54, 1.807) is 53.3 Å². The standard InChI is InChI=1S/C21H16N4O2S/c26-20(15-7-9-18(10-8-15)25-12-3-11-22-25)23-16-4-1-5-17(14-16)24-21(27)19-6-2-13-28-19/h1-14H,(H,23,26)(H,24,27). The van der Waals surface area contributed by atoms with Gasteiger partial charge in [-0.1, -0.05) is 12.1 Å². The number of thiophene rings is 1. The van der Waals surface area contributed by atoms with Crippen LogP contribution in [-0.4, -0.2) is 21.6 Å². The van der Waals surface area contributed by atoms with Crippen LogP contribution in [0.25, 0.3) is 5.69 Å². The molecule has 7 heteroatoms. The zero-order valence-corrected chi connectivity index (χ0v) is 15.5. The van der Waals surface area contributed by atoms with Crippen molar-refractivity contribution in [1.29, 1.82) is 0 Å². The van der Waals surface area contributed by atoms with E-state index in [0.29, 0.717) is 21.8 Å². The van der Waals surface area contributed by atoms with Crippen LogP contribution in [-0.2, 0) is 0 Å². The van der Waals surface area contributed by atoms with E-state index >= 15 is 0 Å². The van der Waals surface area contributed by atoms with Crippen molar-refractivity contribution in [2.24, 2.45) is 0 Å². The molecule has 0 saturated heterocycles. The summed E-state index contributed by atoms with van der Waals surface area (Å²) in [5, 5.41) is 11.7. The van der Waals surface area contributed by atoms with Crippen LogP contribution in [0.15, 0.2) is 84.5 Å². The van der Waals surface area contributed by atoms with Gasteiger partial charge in [-0.15, -0.1) is 11.3 Å². The Balaban J connectivity index is 1.44. The Hall–Kier alpha value is -3.71. The molecule has 0 radical (unpaired) electrons. The second-order valence-corrected chi connectivity index (χ2v) is 6.91. The van der Waals surface area contributed by atoms with Gasteiger partial charge in [0.15, 0.2) is 0 Å². The van der Waals surface area contributed by atoms with Crippen LogP contribution in [0.5, 0.6) is 0 Å². The van der Waals surface area contributed by atoms with E-state index in [1.165, 1.54) is 11.3 Å². The highest BCUT2D eigenvalue weighted by atomic mass is 32.1. The van der Waals surface area contributed by atoms with Crippen molar-refractivity contribution in [3.63, 3.8) is 0 Å². The second-order valence-electron chi connectivity index (χ2n) is 5.96. The van der Waals surface area contributed by atoms with E-state index in [4.69, 9.17) is 0 Å². The third kappa shape index (κ3) is 3.99. The second kappa shape index (κ2) is 7.89. The summed E-state index contributed by atoms with van der Waals surface area (Å²) in [4.78, 5) is 25.3. The molecule has 4 rings (SSSR count). The monoisotopic (exact) mass is 388 g/mol. The van der Waals surface area contributed by atoms with Crippen molar-refractivity contribution in [1.82, 2.24) is 9.78 Å². The topological polar surface area (TPSA) is 76.0 Å². The molecule has 0 fully saturated rings. The molecule has 0 aliphatic heterocycles. The first-order chi connectivity index (χ1) is 13.7.